The zero-order valence-electron chi connectivity index (χ0n) is 7.81. The van der Waals surface area contributed by atoms with Gasteiger partial charge in [-0.05, 0) is 24.3 Å². The molecular weight excluding hydrogens is 248 g/mol. The summed E-state index contributed by atoms with van der Waals surface area (Å²) in [6, 6.07) is 7.75. The zero-order valence-corrected chi connectivity index (χ0v) is 10.2. The van der Waals surface area contributed by atoms with Crippen LogP contribution in [0.2, 0.25) is 4.34 Å². The Labute approximate surface area is 101 Å². The zero-order chi connectivity index (χ0) is 10.7. The van der Waals surface area contributed by atoms with Crippen LogP contribution >= 0.6 is 34.7 Å². The first-order valence-electron chi connectivity index (χ1n) is 4.32. The van der Waals surface area contributed by atoms with Crippen LogP contribution in [0.25, 0.3) is 0 Å². The monoisotopic (exact) mass is 256 g/mol. The lowest BCUT2D eigenvalue weighted by atomic mass is 10.5. The van der Waals surface area contributed by atoms with Crippen LogP contribution in [0.5, 0.6) is 0 Å². The Morgan fingerprint density at radius 1 is 1.33 bits per heavy atom. The van der Waals surface area contributed by atoms with Crippen molar-refractivity contribution < 1.29 is 0 Å². The third-order valence-corrected chi connectivity index (χ3v) is 4.21. The predicted molar refractivity (Wildman–Crippen MR) is 67.5 cm³/mol. The van der Waals surface area contributed by atoms with Gasteiger partial charge in [-0.1, -0.05) is 11.6 Å². The summed E-state index contributed by atoms with van der Waals surface area (Å²) in [5.74, 6) is 1.47. The number of nitrogens with two attached hydrogens (primary N) is 1. The van der Waals surface area contributed by atoms with E-state index in [4.69, 9.17) is 17.3 Å². The van der Waals surface area contributed by atoms with Gasteiger partial charge in [0.1, 0.15) is 5.82 Å². The molecule has 0 bridgehead atoms. The molecule has 15 heavy (non-hydrogen) atoms. The second-order valence-electron chi connectivity index (χ2n) is 2.91. The van der Waals surface area contributed by atoms with Crippen molar-refractivity contribution >= 4 is 40.5 Å². The molecule has 0 aliphatic carbocycles. The molecule has 2 rings (SSSR count). The number of thioether (sulfide) groups is 1. The Hall–Kier alpha value is -0.710. The highest BCUT2D eigenvalue weighted by Gasteiger charge is 2.00. The summed E-state index contributed by atoms with van der Waals surface area (Å²) in [4.78, 5) is 6.42. The van der Waals surface area contributed by atoms with Crippen LogP contribution in [-0.4, -0.2) is 4.98 Å². The maximum Gasteiger partial charge on any atom is 0.123 e. The number of pyridine rings is 1. The molecule has 0 saturated heterocycles. The number of nitrogen functional groups attached to an aromatic ring is 1. The molecule has 0 atom stereocenters. The minimum absolute atomic E-state index is 0.554. The van der Waals surface area contributed by atoms with Crippen molar-refractivity contribution in [3.63, 3.8) is 0 Å². The van der Waals surface area contributed by atoms with Crippen molar-refractivity contribution in [2.24, 2.45) is 0 Å². The van der Waals surface area contributed by atoms with E-state index < -0.39 is 0 Å². The predicted octanol–water partition coefficient (Wildman–Crippen LogP) is 3.67. The minimum atomic E-state index is 0.554. The van der Waals surface area contributed by atoms with Crippen LogP contribution < -0.4 is 5.73 Å². The van der Waals surface area contributed by atoms with Crippen LogP contribution in [0.4, 0.5) is 5.82 Å². The van der Waals surface area contributed by atoms with Crippen molar-refractivity contribution in [1.82, 2.24) is 4.98 Å². The van der Waals surface area contributed by atoms with Gasteiger partial charge in [-0.25, -0.2) is 4.98 Å². The highest BCUT2D eigenvalue weighted by atomic mass is 35.5. The van der Waals surface area contributed by atoms with Gasteiger partial charge in [-0.3, -0.25) is 0 Å². The van der Waals surface area contributed by atoms with E-state index in [0.717, 1.165) is 15.0 Å². The average Bonchev–Trinajstić information content (AvgIpc) is 2.64. The summed E-state index contributed by atoms with van der Waals surface area (Å²) >= 11 is 9.18. The lowest BCUT2D eigenvalue weighted by Gasteiger charge is -1.99. The van der Waals surface area contributed by atoms with Crippen molar-refractivity contribution in [2.75, 3.05) is 5.73 Å². The molecule has 2 aromatic rings. The molecular formula is C10H9ClN2S2. The standard InChI is InChI=1S/C10H9ClN2S2/c11-9-3-1-8(15-9)6-14-7-2-4-10(12)13-5-7/h1-5H,6H2,(H2,12,13). The number of hydrogen-bond donors (Lipinski definition) is 1. The molecule has 0 fully saturated rings. The van der Waals surface area contributed by atoms with Crippen LogP contribution in [0, 0.1) is 0 Å². The van der Waals surface area contributed by atoms with E-state index in [-0.39, 0.29) is 0 Å². The summed E-state index contributed by atoms with van der Waals surface area (Å²) in [7, 11) is 0. The summed E-state index contributed by atoms with van der Waals surface area (Å²) < 4.78 is 0.834. The van der Waals surface area contributed by atoms with Gasteiger partial charge in [0.2, 0.25) is 0 Å². The lowest BCUT2D eigenvalue weighted by molar-refractivity contribution is 1.24. The summed E-state index contributed by atoms with van der Waals surface area (Å²) in [6.07, 6.45) is 1.79. The number of halogens is 1. The first kappa shape index (κ1) is 10.8. The van der Waals surface area contributed by atoms with Gasteiger partial charge < -0.3 is 5.73 Å². The highest BCUT2D eigenvalue weighted by molar-refractivity contribution is 7.98. The van der Waals surface area contributed by atoms with E-state index in [1.54, 1.807) is 29.3 Å². The molecule has 2 N–H and O–H groups in total. The molecule has 0 amide bonds. The fraction of sp³-hybridized carbons (Fsp3) is 0.100. The molecule has 0 unspecified atom stereocenters. The number of thiophene rings is 1. The molecule has 2 heterocycles. The van der Waals surface area contributed by atoms with E-state index in [9.17, 15) is 0 Å². The number of anilines is 1. The second kappa shape index (κ2) is 4.88. The molecule has 2 nitrogen and oxygen atoms in total. The molecule has 0 saturated carbocycles. The summed E-state index contributed by atoms with van der Waals surface area (Å²) in [5.41, 5.74) is 5.50. The van der Waals surface area contributed by atoms with Crippen LogP contribution in [0.1, 0.15) is 4.88 Å². The SMILES string of the molecule is Nc1ccc(SCc2ccc(Cl)s2)cn1. The molecule has 5 heteroatoms. The second-order valence-corrected chi connectivity index (χ2v) is 5.76. The Morgan fingerprint density at radius 3 is 2.80 bits per heavy atom. The van der Waals surface area contributed by atoms with Gasteiger partial charge in [0.15, 0.2) is 0 Å². The third kappa shape index (κ3) is 3.12. The highest BCUT2D eigenvalue weighted by Crippen LogP contribution is 2.28. The van der Waals surface area contributed by atoms with Gasteiger partial charge in [-0.15, -0.1) is 23.1 Å². The maximum atomic E-state index is 5.84. The number of rotatable bonds is 3. The van der Waals surface area contributed by atoms with Crippen LogP contribution in [0.3, 0.4) is 0 Å². The topological polar surface area (TPSA) is 38.9 Å². The first-order chi connectivity index (χ1) is 7.24. The molecule has 2 aromatic heterocycles. The van der Waals surface area contributed by atoms with Gasteiger partial charge in [-0.2, -0.15) is 0 Å². The Morgan fingerprint density at radius 2 is 2.20 bits per heavy atom. The van der Waals surface area contributed by atoms with Gasteiger partial charge >= 0.3 is 0 Å². The minimum Gasteiger partial charge on any atom is -0.384 e. The van der Waals surface area contributed by atoms with E-state index in [2.05, 4.69) is 4.98 Å². The Balaban J connectivity index is 1.96. The van der Waals surface area contributed by atoms with E-state index in [0.29, 0.717) is 5.82 Å². The Bertz CT molecular complexity index is 439. The Kier molecular flexibility index (Phi) is 3.51. The fourth-order valence-corrected chi connectivity index (χ4v) is 3.05. The smallest absolute Gasteiger partial charge is 0.123 e. The van der Waals surface area contributed by atoms with Crippen LogP contribution in [-0.2, 0) is 5.75 Å². The summed E-state index contributed by atoms with van der Waals surface area (Å²) in [5, 5.41) is 0. The lowest BCUT2D eigenvalue weighted by Crippen LogP contribution is -1.87. The molecule has 78 valence electrons. The van der Waals surface area contributed by atoms with E-state index in [1.807, 2.05) is 24.3 Å². The van der Waals surface area contributed by atoms with Gasteiger partial charge in [0.25, 0.3) is 0 Å². The number of nitrogens with zero attached hydrogens (tertiary/aromatic N) is 1. The molecule has 0 aliphatic rings. The largest absolute Gasteiger partial charge is 0.384 e. The first-order valence-corrected chi connectivity index (χ1v) is 6.50. The van der Waals surface area contributed by atoms with Crippen molar-refractivity contribution in [1.29, 1.82) is 0 Å². The van der Waals surface area contributed by atoms with Gasteiger partial charge in [0, 0.05) is 21.7 Å². The average molecular weight is 257 g/mol. The van der Waals surface area contributed by atoms with Crippen molar-refractivity contribution in [3.8, 4) is 0 Å². The molecule has 0 aliphatic heterocycles. The molecule has 0 spiro atoms. The number of aromatic nitrogens is 1. The normalized spacial score (nSPS) is 10.5. The van der Waals surface area contributed by atoms with Crippen LogP contribution in [0.15, 0.2) is 35.4 Å². The molecule has 0 aromatic carbocycles. The molecule has 0 radical (unpaired) electrons. The fourth-order valence-electron chi connectivity index (χ4n) is 1.06. The third-order valence-electron chi connectivity index (χ3n) is 1.77. The maximum absolute atomic E-state index is 5.84. The van der Waals surface area contributed by atoms with E-state index in [1.165, 1.54) is 4.88 Å². The van der Waals surface area contributed by atoms with Gasteiger partial charge in [0.05, 0.1) is 4.34 Å². The quantitative estimate of drug-likeness (QED) is 0.852. The number of hydrogen-bond acceptors (Lipinski definition) is 4. The van der Waals surface area contributed by atoms with Crippen molar-refractivity contribution in [2.45, 2.75) is 10.6 Å². The van der Waals surface area contributed by atoms with E-state index >= 15 is 0 Å². The summed E-state index contributed by atoms with van der Waals surface area (Å²) in [6.45, 7) is 0. The van der Waals surface area contributed by atoms with Crippen molar-refractivity contribution in [3.05, 3.63) is 39.7 Å².